The summed E-state index contributed by atoms with van der Waals surface area (Å²) >= 11 is 0.838. The highest BCUT2D eigenvalue weighted by atomic mass is 32.2. The second kappa shape index (κ2) is 15.1. The van der Waals surface area contributed by atoms with E-state index in [0.717, 1.165) is 17.3 Å². The second-order valence-electron chi connectivity index (χ2n) is 8.20. The zero-order valence-corrected chi connectivity index (χ0v) is 21.3. The van der Waals surface area contributed by atoms with Crippen molar-refractivity contribution < 1.29 is 28.7 Å². The van der Waals surface area contributed by atoms with Crippen molar-refractivity contribution in [2.24, 2.45) is 5.92 Å². The van der Waals surface area contributed by atoms with Crippen LogP contribution in [0.5, 0.6) is 0 Å². The molecule has 0 aliphatic heterocycles. The van der Waals surface area contributed by atoms with Gasteiger partial charge >= 0.3 is 5.97 Å². The number of hydrogen-bond acceptors (Lipinski definition) is 7. The summed E-state index contributed by atoms with van der Waals surface area (Å²) in [4.78, 5) is 63.4. The molecule has 0 saturated carbocycles. The van der Waals surface area contributed by atoms with E-state index in [-0.39, 0.29) is 42.1 Å². The van der Waals surface area contributed by atoms with Crippen LogP contribution in [0.2, 0.25) is 0 Å². The van der Waals surface area contributed by atoms with E-state index in [1.807, 2.05) is 44.2 Å². The van der Waals surface area contributed by atoms with Gasteiger partial charge in [-0.1, -0.05) is 55.9 Å². The zero-order chi connectivity index (χ0) is 25.7. The summed E-state index contributed by atoms with van der Waals surface area (Å²) in [6, 6.07) is 7.50. The molecule has 0 saturated heterocycles. The molecule has 2 atom stereocenters. The molecule has 2 N–H and O–H groups in total. The van der Waals surface area contributed by atoms with Crippen LogP contribution in [0.4, 0.5) is 0 Å². The quantitative estimate of drug-likeness (QED) is 0.400. The van der Waals surface area contributed by atoms with Gasteiger partial charge in [-0.15, -0.1) is 0 Å². The molecule has 9 nitrogen and oxygen atoms in total. The monoisotopic (exact) mass is 493 g/mol. The van der Waals surface area contributed by atoms with E-state index in [4.69, 9.17) is 0 Å². The van der Waals surface area contributed by atoms with E-state index in [0.29, 0.717) is 6.42 Å². The van der Waals surface area contributed by atoms with Gasteiger partial charge in [-0.3, -0.25) is 24.0 Å². The van der Waals surface area contributed by atoms with Crippen molar-refractivity contribution in [3.05, 3.63) is 35.9 Å². The molecule has 0 radical (unpaired) electrons. The summed E-state index contributed by atoms with van der Waals surface area (Å²) in [6.07, 6.45) is 0.490. The minimum atomic E-state index is -0.923. The van der Waals surface area contributed by atoms with E-state index in [1.165, 1.54) is 26.0 Å². The molecule has 0 bridgehead atoms. The number of rotatable bonds is 13. The van der Waals surface area contributed by atoms with E-state index >= 15 is 0 Å². The van der Waals surface area contributed by atoms with Gasteiger partial charge in [0.1, 0.15) is 12.1 Å². The average Bonchev–Trinajstić information content (AvgIpc) is 2.81. The van der Waals surface area contributed by atoms with Crippen molar-refractivity contribution in [1.82, 2.24) is 15.5 Å². The lowest BCUT2D eigenvalue weighted by Gasteiger charge is -2.33. The van der Waals surface area contributed by atoms with Gasteiger partial charge in [0, 0.05) is 26.9 Å². The summed E-state index contributed by atoms with van der Waals surface area (Å²) in [6.45, 7) is 5.13. The number of hydrogen-bond donors (Lipinski definition) is 2. The van der Waals surface area contributed by atoms with Gasteiger partial charge in [-0.25, -0.2) is 0 Å². The first-order chi connectivity index (χ1) is 16.1. The van der Waals surface area contributed by atoms with Crippen LogP contribution < -0.4 is 10.6 Å². The topological polar surface area (TPSA) is 122 Å². The number of methoxy groups -OCH3 is 1. The Morgan fingerprint density at radius 1 is 1.06 bits per heavy atom. The first-order valence-electron chi connectivity index (χ1n) is 11.1. The Morgan fingerprint density at radius 3 is 2.24 bits per heavy atom. The fourth-order valence-corrected chi connectivity index (χ4v) is 3.83. The maximum Gasteiger partial charge on any atom is 0.307 e. The predicted octanol–water partition coefficient (Wildman–Crippen LogP) is 1.55. The number of ether oxygens (including phenoxy) is 1. The molecule has 0 spiro atoms. The summed E-state index contributed by atoms with van der Waals surface area (Å²) < 4.78 is 4.69. The maximum atomic E-state index is 13.4. The Balaban J connectivity index is 3.19. The SMILES string of the molecule is CNC(=O)[C@H](Cc1ccccc1)NC(=O)[C@H](CC(C)C)N(CCC(=O)OC)C(=O)CSC(C)=O. The van der Waals surface area contributed by atoms with Crippen LogP contribution in [-0.4, -0.2) is 72.2 Å². The Morgan fingerprint density at radius 2 is 1.71 bits per heavy atom. The van der Waals surface area contributed by atoms with Crippen LogP contribution >= 0.6 is 11.8 Å². The smallest absolute Gasteiger partial charge is 0.307 e. The predicted molar refractivity (Wildman–Crippen MR) is 131 cm³/mol. The first-order valence-corrected chi connectivity index (χ1v) is 12.1. The molecular formula is C24H35N3O6S. The maximum absolute atomic E-state index is 13.4. The molecule has 188 valence electrons. The zero-order valence-electron chi connectivity index (χ0n) is 20.5. The van der Waals surface area contributed by atoms with Crippen molar-refractivity contribution in [3.8, 4) is 0 Å². The third-order valence-electron chi connectivity index (χ3n) is 5.04. The molecule has 1 aromatic rings. The van der Waals surface area contributed by atoms with Crippen molar-refractivity contribution in [2.75, 3.05) is 26.5 Å². The number of likely N-dealkylation sites (N-methyl/N-ethyl adjacent to an activating group) is 1. The van der Waals surface area contributed by atoms with E-state index < -0.39 is 29.9 Å². The van der Waals surface area contributed by atoms with E-state index in [2.05, 4.69) is 15.4 Å². The third-order valence-corrected chi connectivity index (χ3v) is 5.84. The lowest BCUT2D eigenvalue weighted by Crippen LogP contribution is -2.56. The van der Waals surface area contributed by atoms with Gasteiger partial charge < -0.3 is 20.3 Å². The number of carbonyl (C=O) groups is 5. The number of nitrogens with one attached hydrogen (secondary N) is 2. The number of thioether (sulfide) groups is 1. The highest BCUT2D eigenvalue weighted by Gasteiger charge is 2.33. The Bertz CT molecular complexity index is 846. The lowest BCUT2D eigenvalue weighted by atomic mass is 9.99. The van der Waals surface area contributed by atoms with Crippen molar-refractivity contribution in [3.63, 3.8) is 0 Å². The average molecular weight is 494 g/mol. The molecule has 1 rings (SSSR count). The Hall–Kier alpha value is -2.88. The summed E-state index contributed by atoms with van der Waals surface area (Å²) in [7, 11) is 2.74. The number of benzene rings is 1. The van der Waals surface area contributed by atoms with Crippen LogP contribution in [0.15, 0.2) is 30.3 Å². The Kier molecular flexibility index (Phi) is 13.0. The molecule has 10 heteroatoms. The largest absolute Gasteiger partial charge is 0.469 e. The molecule has 0 aromatic heterocycles. The van der Waals surface area contributed by atoms with E-state index in [1.54, 1.807) is 0 Å². The van der Waals surface area contributed by atoms with Crippen LogP contribution in [0.3, 0.4) is 0 Å². The number of amides is 3. The van der Waals surface area contributed by atoms with Crippen LogP contribution in [-0.2, 0) is 35.1 Å². The molecule has 0 fully saturated rings. The Labute approximate surface area is 205 Å². The summed E-state index contributed by atoms with van der Waals surface area (Å²) in [5.74, 6) is -1.93. The number of esters is 1. The van der Waals surface area contributed by atoms with Gasteiger partial charge in [0.2, 0.25) is 17.7 Å². The van der Waals surface area contributed by atoms with Crippen molar-refractivity contribution >= 4 is 40.6 Å². The molecule has 0 aliphatic carbocycles. The molecular weight excluding hydrogens is 458 g/mol. The van der Waals surface area contributed by atoms with Gasteiger partial charge in [0.15, 0.2) is 5.12 Å². The highest BCUT2D eigenvalue weighted by Crippen LogP contribution is 2.16. The first kappa shape index (κ1) is 29.2. The number of nitrogens with zero attached hydrogens (tertiary/aromatic N) is 1. The van der Waals surface area contributed by atoms with Gasteiger partial charge in [-0.05, 0) is 17.9 Å². The fraction of sp³-hybridized carbons (Fsp3) is 0.542. The normalized spacial score (nSPS) is 12.4. The van der Waals surface area contributed by atoms with Crippen molar-refractivity contribution in [2.45, 2.75) is 52.1 Å². The third kappa shape index (κ3) is 10.4. The molecule has 3 amide bonds. The van der Waals surface area contributed by atoms with Gasteiger partial charge in [0.25, 0.3) is 0 Å². The molecule has 34 heavy (non-hydrogen) atoms. The van der Waals surface area contributed by atoms with Gasteiger partial charge in [0.05, 0.1) is 19.3 Å². The molecule has 0 heterocycles. The van der Waals surface area contributed by atoms with Crippen LogP contribution in [0, 0.1) is 5.92 Å². The molecule has 0 unspecified atom stereocenters. The minimum absolute atomic E-state index is 0.0391. The minimum Gasteiger partial charge on any atom is -0.469 e. The second-order valence-corrected chi connectivity index (χ2v) is 9.36. The van der Waals surface area contributed by atoms with Crippen LogP contribution in [0.1, 0.15) is 39.2 Å². The van der Waals surface area contributed by atoms with Crippen LogP contribution in [0.25, 0.3) is 0 Å². The molecule has 0 aliphatic rings. The van der Waals surface area contributed by atoms with E-state index in [9.17, 15) is 24.0 Å². The number of carbonyl (C=O) groups excluding carboxylic acids is 5. The standard InChI is InChI=1S/C24H35N3O6S/c1-16(2)13-20(27(12-11-22(30)33-5)21(29)15-34-17(3)28)24(32)26-19(23(31)25-4)14-18-9-7-6-8-10-18/h6-10,16,19-20H,11-15H2,1-5H3,(H,25,31)(H,26,32)/t19-,20-/m0/s1. The van der Waals surface area contributed by atoms with Gasteiger partial charge in [-0.2, -0.15) is 0 Å². The lowest BCUT2D eigenvalue weighted by molar-refractivity contribution is -0.144. The summed E-state index contributed by atoms with van der Waals surface area (Å²) in [5.41, 5.74) is 0.869. The fourth-order valence-electron chi connectivity index (χ4n) is 3.34. The molecule has 1 aromatic carbocycles. The highest BCUT2D eigenvalue weighted by molar-refractivity contribution is 8.14. The van der Waals surface area contributed by atoms with Crippen molar-refractivity contribution in [1.29, 1.82) is 0 Å². The summed E-state index contributed by atoms with van der Waals surface area (Å²) in [5, 5.41) is 5.13.